The molecule has 2 atom stereocenters. The molecule has 0 aliphatic carbocycles. The molecule has 1 aromatic carbocycles. The smallest absolute Gasteiger partial charge is 0.326 e. The molecule has 22 heavy (non-hydrogen) atoms. The first-order valence-corrected chi connectivity index (χ1v) is 7.31. The number of ether oxygens (including phenoxy) is 2. The number of hydrogen-bond donors (Lipinski definition) is 2. The van der Waals surface area contributed by atoms with Crippen LogP contribution in [0.25, 0.3) is 0 Å². The monoisotopic (exact) mass is 309 g/mol. The zero-order valence-corrected chi connectivity index (χ0v) is 13.0. The molecule has 1 aromatic rings. The van der Waals surface area contributed by atoms with Crippen LogP contribution < -0.4 is 5.32 Å². The summed E-state index contributed by atoms with van der Waals surface area (Å²) in [6, 6.07) is 8.18. The van der Waals surface area contributed by atoms with Gasteiger partial charge in [0.05, 0.1) is 13.2 Å². The van der Waals surface area contributed by atoms with Gasteiger partial charge in [0.1, 0.15) is 12.1 Å². The fourth-order valence-corrected chi connectivity index (χ4v) is 1.84. The van der Waals surface area contributed by atoms with Crippen LogP contribution in [0.5, 0.6) is 0 Å². The Kier molecular flexibility index (Phi) is 8.17. The minimum absolute atomic E-state index is 0.230. The van der Waals surface area contributed by atoms with Crippen molar-refractivity contribution in [2.75, 3.05) is 19.8 Å². The summed E-state index contributed by atoms with van der Waals surface area (Å²) in [5, 5.41) is 11.7. The summed E-state index contributed by atoms with van der Waals surface area (Å²) in [4.78, 5) is 23.3. The van der Waals surface area contributed by atoms with E-state index in [1.54, 1.807) is 6.92 Å². The quantitative estimate of drug-likeness (QED) is 0.635. The van der Waals surface area contributed by atoms with Crippen molar-refractivity contribution in [2.45, 2.75) is 32.4 Å². The predicted molar refractivity (Wildman–Crippen MR) is 81.6 cm³/mol. The zero-order chi connectivity index (χ0) is 16.4. The van der Waals surface area contributed by atoms with Gasteiger partial charge in [-0.1, -0.05) is 30.3 Å². The van der Waals surface area contributed by atoms with E-state index < -0.39 is 24.0 Å². The van der Waals surface area contributed by atoms with Crippen LogP contribution in [0.4, 0.5) is 0 Å². The van der Waals surface area contributed by atoms with Crippen LogP contribution in [0.15, 0.2) is 30.3 Å². The van der Waals surface area contributed by atoms with E-state index in [1.807, 2.05) is 37.3 Å². The fraction of sp³-hybridized carbons (Fsp3) is 0.500. The second-order valence-electron chi connectivity index (χ2n) is 4.80. The summed E-state index contributed by atoms with van der Waals surface area (Å²) in [6.45, 7) is 4.74. The molecule has 122 valence electrons. The molecule has 6 nitrogen and oxygen atoms in total. The lowest BCUT2D eigenvalue weighted by Gasteiger charge is -2.18. The van der Waals surface area contributed by atoms with Gasteiger partial charge in [0.25, 0.3) is 0 Å². The van der Waals surface area contributed by atoms with Crippen molar-refractivity contribution in [1.82, 2.24) is 5.32 Å². The van der Waals surface area contributed by atoms with Gasteiger partial charge < -0.3 is 19.9 Å². The zero-order valence-electron chi connectivity index (χ0n) is 13.0. The highest BCUT2D eigenvalue weighted by Gasteiger charge is 2.23. The highest BCUT2D eigenvalue weighted by molar-refractivity contribution is 5.86. The van der Waals surface area contributed by atoms with E-state index >= 15 is 0 Å². The molecule has 0 saturated carbocycles. The molecular formula is C16H23NO5. The minimum Gasteiger partial charge on any atom is -0.480 e. The van der Waals surface area contributed by atoms with Crippen LogP contribution in [-0.2, 0) is 25.5 Å². The van der Waals surface area contributed by atoms with E-state index in [1.165, 1.54) is 0 Å². The maximum absolute atomic E-state index is 12.0. The molecule has 0 spiro atoms. The van der Waals surface area contributed by atoms with Crippen LogP contribution in [0.2, 0.25) is 0 Å². The van der Waals surface area contributed by atoms with Gasteiger partial charge in [0.15, 0.2) is 0 Å². The Morgan fingerprint density at radius 3 is 2.50 bits per heavy atom. The number of rotatable bonds is 10. The van der Waals surface area contributed by atoms with Gasteiger partial charge in [-0.3, -0.25) is 4.79 Å². The van der Waals surface area contributed by atoms with Crippen molar-refractivity contribution in [3.8, 4) is 0 Å². The van der Waals surface area contributed by atoms with E-state index in [4.69, 9.17) is 9.47 Å². The molecule has 6 heteroatoms. The number of carbonyl (C=O) groups is 2. The third kappa shape index (κ3) is 6.69. The molecule has 0 aromatic heterocycles. The molecule has 0 heterocycles. The van der Waals surface area contributed by atoms with Gasteiger partial charge in [-0.2, -0.15) is 0 Å². The third-order valence-electron chi connectivity index (χ3n) is 3.07. The molecule has 1 amide bonds. The van der Waals surface area contributed by atoms with Gasteiger partial charge in [0.2, 0.25) is 5.91 Å². The number of hydrogen-bond acceptors (Lipinski definition) is 4. The van der Waals surface area contributed by atoms with Crippen LogP contribution >= 0.6 is 0 Å². The summed E-state index contributed by atoms with van der Waals surface area (Å²) < 4.78 is 10.4. The van der Waals surface area contributed by atoms with Crippen molar-refractivity contribution >= 4 is 11.9 Å². The first kappa shape index (κ1) is 18.1. The normalized spacial score (nSPS) is 13.4. The van der Waals surface area contributed by atoms with Crippen molar-refractivity contribution in [1.29, 1.82) is 0 Å². The van der Waals surface area contributed by atoms with E-state index in [9.17, 15) is 14.7 Å². The minimum atomic E-state index is -1.07. The van der Waals surface area contributed by atoms with Crippen LogP contribution in [0.1, 0.15) is 19.4 Å². The van der Waals surface area contributed by atoms with Crippen LogP contribution in [-0.4, -0.2) is 48.9 Å². The van der Waals surface area contributed by atoms with E-state index in [0.29, 0.717) is 19.8 Å². The number of carbonyl (C=O) groups excluding carboxylic acids is 1. The maximum Gasteiger partial charge on any atom is 0.326 e. The number of aliphatic carboxylic acids is 1. The summed E-state index contributed by atoms with van der Waals surface area (Å²) in [6.07, 6.45) is -0.494. The van der Waals surface area contributed by atoms with Gasteiger partial charge in [-0.05, 0) is 19.4 Å². The third-order valence-corrected chi connectivity index (χ3v) is 3.07. The highest BCUT2D eigenvalue weighted by Crippen LogP contribution is 2.04. The Hall–Kier alpha value is -1.92. The van der Waals surface area contributed by atoms with Crippen LogP contribution in [0, 0.1) is 0 Å². The van der Waals surface area contributed by atoms with E-state index in [-0.39, 0.29) is 6.42 Å². The topological polar surface area (TPSA) is 84.9 Å². The van der Waals surface area contributed by atoms with Crippen molar-refractivity contribution in [2.24, 2.45) is 0 Å². The lowest BCUT2D eigenvalue weighted by Crippen LogP contribution is -2.46. The average Bonchev–Trinajstić information content (AvgIpc) is 2.51. The molecule has 0 bridgehead atoms. The summed E-state index contributed by atoms with van der Waals surface area (Å²) in [5.74, 6) is -1.52. The van der Waals surface area contributed by atoms with E-state index in [2.05, 4.69) is 5.32 Å². The number of benzene rings is 1. The molecule has 0 aliphatic rings. The maximum atomic E-state index is 12.0. The van der Waals surface area contributed by atoms with Gasteiger partial charge in [-0.25, -0.2) is 4.79 Å². The van der Waals surface area contributed by atoms with Crippen molar-refractivity contribution in [3.63, 3.8) is 0 Å². The SMILES string of the molecule is CCOCCOC(C)C(=O)NC(Cc1ccccc1)C(=O)O. The molecular weight excluding hydrogens is 286 g/mol. The number of carboxylic acids is 1. The molecule has 2 unspecified atom stereocenters. The van der Waals surface area contributed by atoms with Gasteiger partial charge in [-0.15, -0.1) is 0 Å². The summed E-state index contributed by atoms with van der Waals surface area (Å²) >= 11 is 0. The predicted octanol–water partition coefficient (Wildman–Crippen LogP) is 1.24. The largest absolute Gasteiger partial charge is 0.480 e. The first-order valence-electron chi connectivity index (χ1n) is 7.31. The lowest BCUT2D eigenvalue weighted by atomic mass is 10.1. The second-order valence-corrected chi connectivity index (χ2v) is 4.80. The Morgan fingerprint density at radius 1 is 1.23 bits per heavy atom. The molecule has 0 fully saturated rings. The number of amides is 1. The van der Waals surface area contributed by atoms with Gasteiger partial charge in [0, 0.05) is 13.0 Å². The fourth-order valence-electron chi connectivity index (χ4n) is 1.84. The number of nitrogens with one attached hydrogen (secondary N) is 1. The summed E-state index contributed by atoms with van der Waals surface area (Å²) in [7, 11) is 0. The first-order chi connectivity index (χ1) is 10.5. The van der Waals surface area contributed by atoms with Crippen LogP contribution in [0.3, 0.4) is 0 Å². The highest BCUT2D eigenvalue weighted by atomic mass is 16.5. The Bertz CT molecular complexity index is 463. The number of carboxylic acid groups (broad SMARTS) is 1. The molecule has 0 saturated heterocycles. The average molecular weight is 309 g/mol. The standard InChI is InChI=1S/C16H23NO5/c1-3-21-9-10-22-12(2)15(18)17-14(16(19)20)11-13-7-5-4-6-8-13/h4-8,12,14H,3,9-11H2,1-2H3,(H,17,18)(H,19,20). The molecule has 2 N–H and O–H groups in total. The molecule has 0 aliphatic heterocycles. The second kappa shape index (κ2) is 9.92. The van der Waals surface area contributed by atoms with E-state index in [0.717, 1.165) is 5.56 Å². The van der Waals surface area contributed by atoms with Crippen molar-refractivity contribution < 1.29 is 24.2 Å². The summed E-state index contributed by atoms with van der Waals surface area (Å²) in [5.41, 5.74) is 0.847. The van der Waals surface area contributed by atoms with Crippen molar-refractivity contribution in [3.05, 3.63) is 35.9 Å². The molecule has 0 radical (unpaired) electrons. The Labute approximate surface area is 130 Å². The Morgan fingerprint density at radius 2 is 1.91 bits per heavy atom. The Balaban J connectivity index is 2.48. The molecule has 1 rings (SSSR count). The van der Waals surface area contributed by atoms with Gasteiger partial charge >= 0.3 is 5.97 Å². The lowest BCUT2D eigenvalue weighted by molar-refractivity contribution is -0.144.